The van der Waals surface area contributed by atoms with Crippen molar-refractivity contribution in [1.82, 2.24) is 4.90 Å². The van der Waals surface area contributed by atoms with Crippen molar-refractivity contribution in [2.75, 3.05) is 31.1 Å². The minimum atomic E-state index is -0.691. The number of para-hydroxylation sites is 2. The Balaban J connectivity index is 1.39. The largest absolute Gasteiger partial charge is 0.492 e. The third kappa shape index (κ3) is 3.97. The summed E-state index contributed by atoms with van der Waals surface area (Å²) in [6.07, 6.45) is 3.04. The average molecular weight is 441 g/mol. The molecule has 0 bridgehead atoms. The number of ether oxygens (including phenoxy) is 2. The number of amides is 2. The normalized spacial score (nSPS) is 22.6. The van der Waals surface area contributed by atoms with Crippen LogP contribution in [0.4, 0.5) is 5.69 Å². The van der Waals surface area contributed by atoms with E-state index in [-0.39, 0.29) is 24.3 Å². The molecule has 5 rings (SSSR count). The third-order valence-corrected chi connectivity index (χ3v) is 6.50. The second kappa shape index (κ2) is 8.42. The SMILES string of the molecule is O=C(C1CN(C(=O)C2COc3ccc(Cl)cc3C2)c2ccccc2O1)N1CCCCC1. The van der Waals surface area contributed by atoms with E-state index in [1.54, 1.807) is 11.0 Å². The zero-order valence-corrected chi connectivity index (χ0v) is 18.0. The average Bonchev–Trinajstić information content (AvgIpc) is 2.82. The highest BCUT2D eigenvalue weighted by atomic mass is 35.5. The Kier molecular flexibility index (Phi) is 5.48. The number of nitrogens with zero attached hydrogens (tertiary/aromatic N) is 2. The molecule has 0 aromatic heterocycles. The topological polar surface area (TPSA) is 59.1 Å². The van der Waals surface area contributed by atoms with E-state index in [0.29, 0.717) is 29.5 Å². The fourth-order valence-corrected chi connectivity index (χ4v) is 4.83. The molecule has 0 radical (unpaired) electrons. The Hall–Kier alpha value is -2.73. The van der Waals surface area contributed by atoms with Crippen LogP contribution in [0.15, 0.2) is 42.5 Å². The summed E-state index contributed by atoms with van der Waals surface area (Å²) < 4.78 is 11.9. The number of carbonyl (C=O) groups excluding carboxylic acids is 2. The van der Waals surface area contributed by atoms with Gasteiger partial charge in [-0.05, 0) is 61.6 Å². The molecule has 0 saturated carbocycles. The van der Waals surface area contributed by atoms with Crippen LogP contribution in [-0.4, -0.2) is 49.1 Å². The van der Waals surface area contributed by atoms with Crippen molar-refractivity contribution >= 4 is 29.1 Å². The van der Waals surface area contributed by atoms with Gasteiger partial charge in [0.2, 0.25) is 5.91 Å². The van der Waals surface area contributed by atoms with Gasteiger partial charge in [0.15, 0.2) is 6.10 Å². The molecule has 6 nitrogen and oxygen atoms in total. The van der Waals surface area contributed by atoms with Crippen LogP contribution < -0.4 is 14.4 Å². The molecule has 2 atom stereocenters. The number of likely N-dealkylation sites (tertiary alicyclic amines) is 1. The van der Waals surface area contributed by atoms with Crippen molar-refractivity contribution in [3.8, 4) is 11.5 Å². The molecule has 0 spiro atoms. The lowest BCUT2D eigenvalue weighted by atomic mass is 9.94. The zero-order chi connectivity index (χ0) is 21.4. The van der Waals surface area contributed by atoms with Crippen molar-refractivity contribution in [2.45, 2.75) is 31.8 Å². The summed E-state index contributed by atoms with van der Waals surface area (Å²) in [5.41, 5.74) is 1.63. The van der Waals surface area contributed by atoms with Gasteiger partial charge in [0, 0.05) is 18.1 Å². The van der Waals surface area contributed by atoms with E-state index in [1.807, 2.05) is 41.3 Å². The maximum Gasteiger partial charge on any atom is 0.265 e. The lowest BCUT2D eigenvalue weighted by Crippen LogP contribution is -2.54. The molecule has 3 aliphatic rings. The summed E-state index contributed by atoms with van der Waals surface area (Å²) in [6, 6.07) is 12.9. The number of fused-ring (bicyclic) bond motifs is 2. The highest BCUT2D eigenvalue weighted by Crippen LogP contribution is 2.37. The van der Waals surface area contributed by atoms with Crippen LogP contribution in [0.2, 0.25) is 5.02 Å². The smallest absolute Gasteiger partial charge is 0.265 e. The van der Waals surface area contributed by atoms with E-state index in [0.717, 1.165) is 43.7 Å². The minimum Gasteiger partial charge on any atom is -0.492 e. The van der Waals surface area contributed by atoms with Crippen molar-refractivity contribution in [2.24, 2.45) is 5.92 Å². The number of carbonyl (C=O) groups is 2. The fraction of sp³-hybridized carbons (Fsp3) is 0.417. The first kappa shape index (κ1) is 20.2. The van der Waals surface area contributed by atoms with Gasteiger partial charge >= 0.3 is 0 Å². The maximum atomic E-state index is 13.6. The summed E-state index contributed by atoms with van der Waals surface area (Å²) in [5, 5.41) is 0.624. The van der Waals surface area contributed by atoms with Crippen LogP contribution in [0.5, 0.6) is 11.5 Å². The zero-order valence-electron chi connectivity index (χ0n) is 17.3. The first-order valence-corrected chi connectivity index (χ1v) is 11.2. The molecule has 3 heterocycles. The molecule has 7 heteroatoms. The van der Waals surface area contributed by atoms with Crippen molar-refractivity contribution in [3.63, 3.8) is 0 Å². The Bertz CT molecular complexity index is 1000. The van der Waals surface area contributed by atoms with Crippen LogP contribution in [0, 0.1) is 5.92 Å². The van der Waals surface area contributed by atoms with Crippen LogP contribution in [-0.2, 0) is 16.0 Å². The Morgan fingerprint density at radius 1 is 0.968 bits per heavy atom. The fourth-order valence-electron chi connectivity index (χ4n) is 4.63. The van der Waals surface area contributed by atoms with Crippen LogP contribution in [0.3, 0.4) is 0 Å². The molecule has 1 fully saturated rings. The molecule has 0 aliphatic carbocycles. The summed E-state index contributed by atoms with van der Waals surface area (Å²) in [4.78, 5) is 30.3. The van der Waals surface area contributed by atoms with Gasteiger partial charge in [-0.1, -0.05) is 23.7 Å². The van der Waals surface area contributed by atoms with E-state index >= 15 is 0 Å². The van der Waals surface area contributed by atoms with Gasteiger partial charge in [-0.3, -0.25) is 9.59 Å². The number of anilines is 1. The molecule has 2 amide bonds. The number of benzene rings is 2. The van der Waals surface area contributed by atoms with Crippen molar-refractivity contribution in [1.29, 1.82) is 0 Å². The summed E-state index contributed by atoms with van der Waals surface area (Å²) in [5.74, 6) is 0.899. The predicted molar refractivity (Wildman–Crippen MR) is 118 cm³/mol. The molecular weight excluding hydrogens is 416 g/mol. The van der Waals surface area contributed by atoms with Gasteiger partial charge in [-0.2, -0.15) is 0 Å². The van der Waals surface area contributed by atoms with Gasteiger partial charge in [-0.25, -0.2) is 0 Å². The number of rotatable bonds is 2. The second-order valence-corrected chi connectivity index (χ2v) is 8.81. The number of hydrogen-bond acceptors (Lipinski definition) is 4. The Morgan fingerprint density at radius 3 is 2.61 bits per heavy atom. The Morgan fingerprint density at radius 2 is 1.77 bits per heavy atom. The lowest BCUT2D eigenvalue weighted by molar-refractivity contribution is -0.139. The quantitative estimate of drug-likeness (QED) is 0.714. The summed E-state index contributed by atoms with van der Waals surface area (Å²) in [7, 11) is 0. The molecule has 0 N–H and O–H groups in total. The molecule has 2 unspecified atom stereocenters. The van der Waals surface area contributed by atoms with E-state index in [1.165, 1.54) is 0 Å². The standard InChI is InChI=1S/C24H25ClN2O4/c25-18-8-9-20-16(13-18)12-17(15-30-20)23(28)27-14-22(24(29)26-10-4-1-5-11-26)31-21-7-3-2-6-19(21)27/h2-3,6-9,13,17,22H,1,4-5,10-12,14-15H2. The monoisotopic (exact) mass is 440 g/mol. The van der Waals surface area contributed by atoms with Crippen LogP contribution in [0.1, 0.15) is 24.8 Å². The van der Waals surface area contributed by atoms with Crippen molar-refractivity contribution in [3.05, 3.63) is 53.1 Å². The van der Waals surface area contributed by atoms with Crippen LogP contribution >= 0.6 is 11.6 Å². The molecule has 162 valence electrons. The van der Waals surface area contributed by atoms with Gasteiger partial charge in [0.25, 0.3) is 5.91 Å². The minimum absolute atomic E-state index is 0.0379. The molecule has 31 heavy (non-hydrogen) atoms. The number of halogens is 1. The van der Waals surface area contributed by atoms with Crippen molar-refractivity contribution < 1.29 is 19.1 Å². The van der Waals surface area contributed by atoms with Crippen LogP contribution in [0.25, 0.3) is 0 Å². The first-order valence-electron chi connectivity index (χ1n) is 10.9. The van der Waals surface area contributed by atoms with Gasteiger partial charge in [0.1, 0.15) is 18.1 Å². The highest BCUT2D eigenvalue weighted by molar-refractivity contribution is 6.30. The third-order valence-electron chi connectivity index (χ3n) is 6.26. The molecule has 1 saturated heterocycles. The summed E-state index contributed by atoms with van der Waals surface area (Å²) in [6.45, 7) is 2.02. The van der Waals surface area contributed by atoms with E-state index < -0.39 is 6.10 Å². The summed E-state index contributed by atoms with van der Waals surface area (Å²) >= 11 is 6.14. The lowest BCUT2D eigenvalue weighted by Gasteiger charge is -2.39. The molecule has 2 aromatic carbocycles. The van der Waals surface area contributed by atoms with E-state index in [9.17, 15) is 9.59 Å². The molecule has 2 aromatic rings. The van der Waals surface area contributed by atoms with E-state index in [2.05, 4.69) is 0 Å². The molecular formula is C24H25ClN2O4. The Labute approximate surface area is 186 Å². The predicted octanol–water partition coefficient (Wildman–Crippen LogP) is 3.70. The van der Waals surface area contributed by atoms with E-state index in [4.69, 9.17) is 21.1 Å². The maximum absolute atomic E-state index is 13.6. The second-order valence-electron chi connectivity index (χ2n) is 8.37. The van der Waals surface area contributed by atoms with Gasteiger partial charge in [-0.15, -0.1) is 0 Å². The van der Waals surface area contributed by atoms with Gasteiger partial charge < -0.3 is 19.3 Å². The number of piperidine rings is 1. The first-order chi connectivity index (χ1) is 15.1. The van der Waals surface area contributed by atoms with Gasteiger partial charge in [0.05, 0.1) is 18.2 Å². The molecule has 3 aliphatic heterocycles. The number of hydrogen-bond donors (Lipinski definition) is 0. The highest BCUT2D eigenvalue weighted by Gasteiger charge is 2.39.